The lowest BCUT2D eigenvalue weighted by Gasteiger charge is -2.01. The van der Waals surface area contributed by atoms with Gasteiger partial charge in [0.15, 0.2) is 0 Å². The minimum Gasteiger partial charge on any atom is -0.399 e. The SMILES string of the molecule is Nc1ccc(-c2nc(-c3cccs3)cs2)c(Cl)c1. The summed E-state index contributed by atoms with van der Waals surface area (Å²) in [6.07, 6.45) is 0. The van der Waals surface area contributed by atoms with E-state index in [2.05, 4.69) is 11.1 Å². The highest BCUT2D eigenvalue weighted by molar-refractivity contribution is 7.15. The van der Waals surface area contributed by atoms with Gasteiger partial charge in [-0.15, -0.1) is 22.7 Å². The van der Waals surface area contributed by atoms with E-state index in [-0.39, 0.29) is 0 Å². The monoisotopic (exact) mass is 292 g/mol. The zero-order valence-electron chi connectivity index (χ0n) is 9.26. The Hall–Kier alpha value is -1.36. The molecular formula is C13H9ClN2S2. The van der Waals surface area contributed by atoms with Crippen LogP contribution in [0.25, 0.3) is 21.1 Å². The number of nitrogen functional groups attached to an aromatic ring is 1. The summed E-state index contributed by atoms with van der Waals surface area (Å²) < 4.78 is 0. The Balaban J connectivity index is 2.03. The molecule has 18 heavy (non-hydrogen) atoms. The van der Waals surface area contributed by atoms with Gasteiger partial charge >= 0.3 is 0 Å². The number of nitrogens with zero attached hydrogens (tertiary/aromatic N) is 1. The average molecular weight is 293 g/mol. The normalized spacial score (nSPS) is 10.7. The number of nitrogens with two attached hydrogens (primary N) is 1. The van der Waals surface area contributed by atoms with Crippen molar-refractivity contribution >= 4 is 40.0 Å². The van der Waals surface area contributed by atoms with Gasteiger partial charge in [0, 0.05) is 16.6 Å². The lowest BCUT2D eigenvalue weighted by atomic mass is 10.2. The van der Waals surface area contributed by atoms with Crippen LogP contribution in [-0.2, 0) is 0 Å². The van der Waals surface area contributed by atoms with E-state index in [1.165, 1.54) is 4.88 Å². The molecule has 0 saturated carbocycles. The standard InChI is InChI=1S/C13H9ClN2S2/c14-10-6-8(15)3-4-9(10)13-16-11(7-18-13)12-2-1-5-17-12/h1-7H,15H2. The van der Waals surface area contributed by atoms with Crippen LogP contribution in [0.4, 0.5) is 5.69 Å². The van der Waals surface area contributed by atoms with Crippen LogP contribution in [0.5, 0.6) is 0 Å². The fourth-order valence-corrected chi connectivity index (χ4v) is 3.59. The van der Waals surface area contributed by atoms with Gasteiger partial charge in [0.1, 0.15) is 5.01 Å². The maximum Gasteiger partial charge on any atom is 0.125 e. The topological polar surface area (TPSA) is 38.9 Å². The smallest absolute Gasteiger partial charge is 0.125 e. The number of hydrogen-bond acceptors (Lipinski definition) is 4. The zero-order valence-corrected chi connectivity index (χ0v) is 11.6. The van der Waals surface area contributed by atoms with E-state index in [1.807, 2.05) is 29.0 Å². The second-order valence-electron chi connectivity index (χ2n) is 3.75. The Bertz CT molecular complexity index is 674. The highest BCUT2D eigenvalue weighted by Crippen LogP contribution is 2.35. The summed E-state index contributed by atoms with van der Waals surface area (Å²) in [7, 11) is 0. The summed E-state index contributed by atoms with van der Waals surface area (Å²) in [5, 5.41) is 5.66. The van der Waals surface area contributed by atoms with Crippen molar-refractivity contribution in [3.05, 3.63) is 46.1 Å². The number of thiazole rings is 1. The van der Waals surface area contributed by atoms with Crippen molar-refractivity contribution in [1.29, 1.82) is 0 Å². The second kappa shape index (κ2) is 4.72. The van der Waals surface area contributed by atoms with Gasteiger partial charge in [-0.2, -0.15) is 0 Å². The number of anilines is 1. The van der Waals surface area contributed by atoms with Gasteiger partial charge in [-0.05, 0) is 29.6 Å². The van der Waals surface area contributed by atoms with E-state index >= 15 is 0 Å². The van der Waals surface area contributed by atoms with E-state index in [0.717, 1.165) is 16.3 Å². The third kappa shape index (κ3) is 2.14. The number of aromatic nitrogens is 1. The highest BCUT2D eigenvalue weighted by atomic mass is 35.5. The first-order valence-electron chi connectivity index (χ1n) is 5.29. The summed E-state index contributed by atoms with van der Waals surface area (Å²) in [5.74, 6) is 0. The summed E-state index contributed by atoms with van der Waals surface area (Å²) in [6, 6.07) is 9.59. The molecule has 0 aliphatic rings. The fraction of sp³-hybridized carbons (Fsp3) is 0. The Kier molecular flexibility index (Phi) is 3.07. The minimum atomic E-state index is 0.641. The van der Waals surface area contributed by atoms with Crippen LogP contribution in [0.2, 0.25) is 5.02 Å². The molecule has 2 nitrogen and oxygen atoms in total. The van der Waals surface area contributed by atoms with Crippen molar-refractivity contribution < 1.29 is 0 Å². The van der Waals surface area contributed by atoms with Crippen LogP contribution in [0.15, 0.2) is 41.1 Å². The number of benzene rings is 1. The molecule has 2 N–H and O–H groups in total. The van der Waals surface area contributed by atoms with Crippen LogP contribution < -0.4 is 5.73 Å². The van der Waals surface area contributed by atoms with E-state index < -0.39 is 0 Å². The van der Waals surface area contributed by atoms with Gasteiger partial charge in [-0.3, -0.25) is 0 Å². The average Bonchev–Trinajstić information content (AvgIpc) is 2.99. The van der Waals surface area contributed by atoms with Crippen LogP contribution in [0.3, 0.4) is 0 Å². The maximum absolute atomic E-state index is 6.19. The molecule has 90 valence electrons. The number of hydrogen-bond donors (Lipinski definition) is 1. The first-order valence-corrected chi connectivity index (χ1v) is 7.42. The summed E-state index contributed by atoms with van der Waals surface area (Å²) >= 11 is 9.46. The second-order valence-corrected chi connectivity index (χ2v) is 5.97. The van der Waals surface area contributed by atoms with E-state index in [4.69, 9.17) is 17.3 Å². The van der Waals surface area contributed by atoms with Crippen molar-refractivity contribution in [2.24, 2.45) is 0 Å². The third-order valence-electron chi connectivity index (χ3n) is 2.50. The van der Waals surface area contributed by atoms with E-state index in [0.29, 0.717) is 10.7 Å². The first kappa shape index (κ1) is 11.7. The van der Waals surface area contributed by atoms with Crippen LogP contribution in [-0.4, -0.2) is 4.98 Å². The van der Waals surface area contributed by atoms with Crippen LogP contribution in [0, 0.1) is 0 Å². The minimum absolute atomic E-state index is 0.641. The molecule has 2 heterocycles. The Morgan fingerprint density at radius 1 is 1.17 bits per heavy atom. The molecule has 0 spiro atoms. The van der Waals surface area contributed by atoms with Gasteiger partial charge in [0.2, 0.25) is 0 Å². The molecule has 5 heteroatoms. The molecule has 0 aliphatic heterocycles. The van der Waals surface area contributed by atoms with Crippen molar-refractivity contribution in [2.75, 3.05) is 5.73 Å². The quantitative estimate of drug-likeness (QED) is 0.691. The molecular weight excluding hydrogens is 284 g/mol. The molecule has 3 rings (SSSR count). The molecule has 2 aromatic heterocycles. The summed E-state index contributed by atoms with van der Waals surface area (Å²) in [5.41, 5.74) is 8.28. The predicted octanol–water partition coefficient (Wildman–Crippen LogP) is 4.77. The van der Waals surface area contributed by atoms with Crippen LogP contribution in [0.1, 0.15) is 0 Å². The largest absolute Gasteiger partial charge is 0.399 e. The van der Waals surface area contributed by atoms with Crippen molar-refractivity contribution in [3.63, 3.8) is 0 Å². The Morgan fingerprint density at radius 2 is 2.06 bits per heavy atom. The predicted molar refractivity (Wildman–Crippen MR) is 80.3 cm³/mol. The van der Waals surface area contributed by atoms with Crippen molar-refractivity contribution in [2.45, 2.75) is 0 Å². The number of thiophene rings is 1. The summed E-state index contributed by atoms with van der Waals surface area (Å²) in [4.78, 5) is 5.79. The van der Waals surface area contributed by atoms with E-state index in [1.54, 1.807) is 28.7 Å². The highest BCUT2D eigenvalue weighted by Gasteiger charge is 2.10. The molecule has 0 amide bonds. The lowest BCUT2D eigenvalue weighted by molar-refractivity contribution is 1.42. The first-order chi connectivity index (χ1) is 8.74. The molecule has 0 aliphatic carbocycles. The zero-order chi connectivity index (χ0) is 12.5. The molecule has 0 radical (unpaired) electrons. The molecule has 3 aromatic rings. The van der Waals surface area contributed by atoms with Crippen LogP contribution >= 0.6 is 34.3 Å². The molecule has 0 atom stereocenters. The number of rotatable bonds is 2. The molecule has 0 unspecified atom stereocenters. The molecule has 0 bridgehead atoms. The molecule has 0 saturated heterocycles. The van der Waals surface area contributed by atoms with Crippen molar-refractivity contribution in [3.8, 4) is 21.1 Å². The van der Waals surface area contributed by atoms with Gasteiger partial charge in [0.25, 0.3) is 0 Å². The fourth-order valence-electron chi connectivity index (χ4n) is 1.64. The third-order valence-corrected chi connectivity index (χ3v) is 4.58. The lowest BCUT2D eigenvalue weighted by Crippen LogP contribution is -1.85. The van der Waals surface area contributed by atoms with Gasteiger partial charge < -0.3 is 5.73 Å². The van der Waals surface area contributed by atoms with Crippen molar-refractivity contribution in [1.82, 2.24) is 4.98 Å². The molecule has 0 fully saturated rings. The summed E-state index contributed by atoms with van der Waals surface area (Å²) in [6.45, 7) is 0. The van der Waals surface area contributed by atoms with E-state index in [9.17, 15) is 0 Å². The van der Waals surface area contributed by atoms with Gasteiger partial charge in [-0.1, -0.05) is 17.7 Å². The Morgan fingerprint density at radius 3 is 2.78 bits per heavy atom. The van der Waals surface area contributed by atoms with Gasteiger partial charge in [-0.25, -0.2) is 4.98 Å². The Labute approximate surface area is 118 Å². The maximum atomic E-state index is 6.19. The van der Waals surface area contributed by atoms with Gasteiger partial charge in [0.05, 0.1) is 15.6 Å². The number of halogens is 1. The molecule has 1 aromatic carbocycles.